The van der Waals surface area contributed by atoms with Crippen LogP contribution >= 0.6 is 0 Å². The standard InChI is InChI=1S/C12H19NO3S/c1-4-16-11-7-10(3)12(8-9(11)2)17(14,15)6-5-13/h7-8H,4-6,13H2,1-3H3. The van der Waals surface area contributed by atoms with Gasteiger partial charge in [-0.05, 0) is 44.0 Å². The van der Waals surface area contributed by atoms with E-state index in [2.05, 4.69) is 0 Å². The highest BCUT2D eigenvalue weighted by atomic mass is 32.2. The van der Waals surface area contributed by atoms with Crippen molar-refractivity contribution in [2.24, 2.45) is 5.73 Å². The van der Waals surface area contributed by atoms with Crippen LogP contribution in [0.3, 0.4) is 0 Å². The lowest BCUT2D eigenvalue weighted by molar-refractivity contribution is 0.337. The Labute approximate surface area is 103 Å². The van der Waals surface area contributed by atoms with Gasteiger partial charge in [0.15, 0.2) is 9.84 Å². The number of hydrogen-bond donors (Lipinski definition) is 1. The molecule has 0 radical (unpaired) electrons. The molecule has 0 atom stereocenters. The fraction of sp³-hybridized carbons (Fsp3) is 0.500. The second kappa shape index (κ2) is 5.51. The molecular formula is C12H19NO3S. The molecule has 0 fully saturated rings. The lowest BCUT2D eigenvalue weighted by Crippen LogP contribution is -2.17. The molecule has 5 heteroatoms. The van der Waals surface area contributed by atoms with Crippen LogP contribution in [-0.2, 0) is 9.84 Å². The molecule has 0 saturated heterocycles. The van der Waals surface area contributed by atoms with Gasteiger partial charge in [0.2, 0.25) is 0 Å². The maximum atomic E-state index is 12.0. The van der Waals surface area contributed by atoms with Gasteiger partial charge in [-0.3, -0.25) is 0 Å². The molecule has 1 rings (SSSR count). The molecule has 0 bridgehead atoms. The second-order valence-corrected chi connectivity index (χ2v) is 6.00. The van der Waals surface area contributed by atoms with Gasteiger partial charge in [-0.1, -0.05) is 0 Å². The number of nitrogens with two attached hydrogens (primary N) is 1. The summed E-state index contributed by atoms with van der Waals surface area (Å²) in [7, 11) is -3.28. The van der Waals surface area contributed by atoms with Crippen LogP contribution < -0.4 is 10.5 Å². The summed E-state index contributed by atoms with van der Waals surface area (Å²) in [5, 5.41) is 0. The van der Waals surface area contributed by atoms with E-state index in [9.17, 15) is 8.42 Å². The van der Waals surface area contributed by atoms with Crippen LogP contribution in [0.4, 0.5) is 0 Å². The van der Waals surface area contributed by atoms with Gasteiger partial charge in [-0.15, -0.1) is 0 Å². The van der Waals surface area contributed by atoms with Crippen LogP contribution in [0.1, 0.15) is 18.1 Å². The van der Waals surface area contributed by atoms with E-state index < -0.39 is 9.84 Å². The van der Waals surface area contributed by atoms with Gasteiger partial charge >= 0.3 is 0 Å². The van der Waals surface area contributed by atoms with Gasteiger partial charge in [-0.25, -0.2) is 8.42 Å². The maximum Gasteiger partial charge on any atom is 0.179 e. The third kappa shape index (κ3) is 3.20. The van der Waals surface area contributed by atoms with Crippen LogP contribution in [0, 0.1) is 13.8 Å². The van der Waals surface area contributed by atoms with Crippen LogP contribution in [0.25, 0.3) is 0 Å². The summed E-state index contributed by atoms with van der Waals surface area (Å²) in [5.41, 5.74) is 6.84. The van der Waals surface area contributed by atoms with Crippen molar-refractivity contribution in [3.8, 4) is 5.75 Å². The SMILES string of the molecule is CCOc1cc(C)c(S(=O)(=O)CCN)cc1C. The van der Waals surface area contributed by atoms with Gasteiger partial charge in [0.05, 0.1) is 17.3 Å². The van der Waals surface area contributed by atoms with Crippen molar-refractivity contribution in [2.75, 3.05) is 18.9 Å². The second-order valence-electron chi connectivity index (χ2n) is 3.92. The highest BCUT2D eigenvalue weighted by Gasteiger charge is 2.17. The average molecular weight is 257 g/mol. The molecule has 0 aliphatic rings. The normalized spacial score (nSPS) is 11.5. The van der Waals surface area contributed by atoms with Gasteiger partial charge in [-0.2, -0.15) is 0 Å². The molecule has 96 valence electrons. The van der Waals surface area contributed by atoms with Crippen molar-refractivity contribution in [2.45, 2.75) is 25.7 Å². The Morgan fingerprint density at radius 3 is 2.41 bits per heavy atom. The minimum Gasteiger partial charge on any atom is -0.494 e. The zero-order valence-corrected chi connectivity index (χ0v) is 11.3. The number of ether oxygens (including phenoxy) is 1. The summed E-state index contributed by atoms with van der Waals surface area (Å²) >= 11 is 0. The quantitative estimate of drug-likeness (QED) is 0.866. The Morgan fingerprint density at radius 1 is 1.24 bits per heavy atom. The zero-order chi connectivity index (χ0) is 13.1. The molecule has 0 aromatic heterocycles. The van der Waals surface area contributed by atoms with Gasteiger partial charge < -0.3 is 10.5 Å². The molecule has 0 aliphatic carbocycles. The average Bonchev–Trinajstić information content (AvgIpc) is 2.23. The molecule has 0 saturated carbocycles. The zero-order valence-electron chi connectivity index (χ0n) is 10.5. The molecule has 0 spiro atoms. The molecule has 0 heterocycles. The molecule has 4 nitrogen and oxygen atoms in total. The van der Waals surface area contributed by atoms with Crippen LogP contribution in [-0.4, -0.2) is 27.3 Å². The van der Waals surface area contributed by atoms with E-state index in [0.29, 0.717) is 17.1 Å². The highest BCUT2D eigenvalue weighted by molar-refractivity contribution is 7.91. The van der Waals surface area contributed by atoms with Crippen molar-refractivity contribution < 1.29 is 13.2 Å². The van der Waals surface area contributed by atoms with Crippen LogP contribution in [0.5, 0.6) is 5.75 Å². The van der Waals surface area contributed by atoms with E-state index >= 15 is 0 Å². The summed E-state index contributed by atoms with van der Waals surface area (Å²) < 4.78 is 29.3. The summed E-state index contributed by atoms with van der Waals surface area (Å²) in [5.74, 6) is 0.707. The van der Waals surface area contributed by atoms with Gasteiger partial charge in [0.1, 0.15) is 5.75 Å². The van der Waals surface area contributed by atoms with E-state index in [-0.39, 0.29) is 12.3 Å². The molecule has 1 aromatic rings. The van der Waals surface area contributed by atoms with Gasteiger partial charge in [0.25, 0.3) is 0 Å². The Kier molecular flexibility index (Phi) is 4.54. The number of benzene rings is 1. The number of aryl methyl sites for hydroxylation is 2. The molecule has 0 aliphatic heterocycles. The van der Waals surface area contributed by atoms with Crippen molar-refractivity contribution in [3.05, 3.63) is 23.3 Å². The summed E-state index contributed by atoms with van der Waals surface area (Å²) in [4.78, 5) is 0.351. The van der Waals surface area contributed by atoms with E-state index in [0.717, 1.165) is 11.3 Å². The molecule has 2 N–H and O–H groups in total. The summed E-state index contributed by atoms with van der Waals surface area (Å²) in [6.07, 6.45) is 0. The van der Waals surface area contributed by atoms with E-state index in [1.54, 1.807) is 19.1 Å². The number of rotatable bonds is 5. The fourth-order valence-corrected chi connectivity index (χ4v) is 3.11. The Bertz CT molecular complexity index is 495. The Morgan fingerprint density at radius 2 is 1.88 bits per heavy atom. The van der Waals surface area contributed by atoms with Crippen molar-refractivity contribution in [1.29, 1.82) is 0 Å². The Balaban J connectivity index is 3.25. The highest BCUT2D eigenvalue weighted by Crippen LogP contribution is 2.26. The lowest BCUT2D eigenvalue weighted by atomic mass is 10.1. The van der Waals surface area contributed by atoms with Crippen molar-refractivity contribution >= 4 is 9.84 Å². The van der Waals surface area contributed by atoms with E-state index in [4.69, 9.17) is 10.5 Å². The fourth-order valence-electron chi connectivity index (χ4n) is 1.67. The first-order chi connectivity index (χ1) is 7.92. The van der Waals surface area contributed by atoms with E-state index in [1.165, 1.54) is 0 Å². The minimum atomic E-state index is -3.28. The third-order valence-electron chi connectivity index (χ3n) is 2.49. The van der Waals surface area contributed by atoms with Gasteiger partial charge in [0, 0.05) is 6.54 Å². The van der Waals surface area contributed by atoms with Crippen LogP contribution in [0.15, 0.2) is 17.0 Å². The van der Waals surface area contributed by atoms with Crippen molar-refractivity contribution in [1.82, 2.24) is 0 Å². The minimum absolute atomic E-state index is 0.0265. The molecule has 0 unspecified atom stereocenters. The summed E-state index contributed by atoms with van der Waals surface area (Å²) in [6.45, 7) is 6.20. The first-order valence-electron chi connectivity index (χ1n) is 5.59. The number of hydrogen-bond acceptors (Lipinski definition) is 4. The lowest BCUT2D eigenvalue weighted by Gasteiger charge is -2.12. The largest absolute Gasteiger partial charge is 0.494 e. The number of sulfone groups is 1. The first-order valence-corrected chi connectivity index (χ1v) is 7.24. The van der Waals surface area contributed by atoms with Crippen LogP contribution in [0.2, 0.25) is 0 Å². The topological polar surface area (TPSA) is 69.4 Å². The molecule has 17 heavy (non-hydrogen) atoms. The first kappa shape index (κ1) is 14.0. The monoisotopic (exact) mass is 257 g/mol. The molecular weight excluding hydrogens is 238 g/mol. The smallest absolute Gasteiger partial charge is 0.179 e. The maximum absolute atomic E-state index is 12.0. The summed E-state index contributed by atoms with van der Waals surface area (Å²) in [6, 6.07) is 3.42. The Hall–Kier alpha value is -1.07. The predicted octanol–water partition coefficient (Wildman–Crippen LogP) is 1.43. The van der Waals surface area contributed by atoms with Crippen molar-refractivity contribution in [3.63, 3.8) is 0 Å². The molecule has 1 aromatic carbocycles. The third-order valence-corrected chi connectivity index (χ3v) is 4.38. The predicted molar refractivity (Wildman–Crippen MR) is 68.2 cm³/mol. The van der Waals surface area contributed by atoms with E-state index in [1.807, 2.05) is 13.8 Å². The molecule has 0 amide bonds.